The molecule has 0 radical (unpaired) electrons. The van der Waals surface area contributed by atoms with Gasteiger partial charge in [0, 0.05) is 35.1 Å². The van der Waals surface area contributed by atoms with Gasteiger partial charge in [-0.3, -0.25) is 19.8 Å². The number of hydrogen-bond acceptors (Lipinski definition) is 4. The molecule has 1 N–H and O–H groups in total. The van der Waals surface area contributed by atoms with Gasteiger partial charge in [0.2, 0.25) is 11.8 Å². The highest BCUT2D eigenvalue weighted by molar-refractivity contribution is 8.00. The lowest BCUT2D eigenvalue weighted by molar-refractivity contribution is -0.137. The summed E-state index contributed by atoms with van der Waals surface area (Å²) < 4.78 is 39.9. The zero-order chi connectivity index (χ0) is 23.0. The van der Waals surface area contributed by atoms with Crippen LogP contribution in [0.2, 0.25) is 0 Å². The normalized spacial score (nSPS) is 19.3. The topological polar surface area (TPSA) is 69.7 Å². The number of benzene rings is 2. The Balaban J connectivity index is 1.64. The highest BCUT2D eigenvalue weighted by Crippen LogP contribution is 2.41. The summed E-state index contributed by atoms with van der Waals surface area (Å²) in [6, 6.07) is 9.53. The number of hydrogen-bond donors (Lipinski definition) is 1. The van der Waals surface area contributed by atoms with Crippen molar-refractivity contribution in [2.24, 2.45) is 0 Å². The second-order valence-corrected chi connectivity index (χ2v) is 9.15. The third-order valence-corrected chi connectivity index (χ3v) is 6.57. The number of anilines is 2. The van der Waals surface area contributed by atoms with E-state index in [2.05, 4.69) is 5.43 Å². The average Bonchev–Trinajstić information content (AvgIpc) is 2.92. The van der Waals surface area contributed by atoms with Crippen LogP contribution >= 0.6 is 11.8 Å². The van der Waals surface area contributed by atoms with Crippen LogP contribution in [0.1, 0.15) is 42.1 Å². The van der Waals surface area contributed by atoms with Crippen LogP contribution in [0.5, 0.6) is 0 Å². The number of amides is 3. The predicted molar refractivity (Wildman–Crippen MR) is 114 cm³/mol. The fraction of sp³-hybridized carbons (Fsp3) is 0.318. The lowest BCUT2D eigenvalue weighted by Crippen LogP contribution is -2.50. The third-order valence-electron chi connectivity index (χ3n) is 5.33. The van der Waals surface area contributed by atoms with E-state index in [9.17, 15) is 27.6 Å². The van der Waals surface area contributed by atoms with E-state index in [1.54, 1.807) is 0 Å². The van der Waals surface area contributed by atoms with Crippen LogP contribution in [-0.4, -0.2) is 29.5 Å². The molecule has 0 aliphatic carbocycles. The number of alkyl halides is 3. The van der Waals surface area contributed by atoms with Crippen LogP contribution < -0.4 is 15.3 Å². The van der Waals surface area contributed by atoms with E-state index in [1.165, 1.54) is 47.0 Å². The molecule has 168 valence electrons. The van der Waals surface area contributed by atoms with Crippen LogP contribution in [0.4, 0.5) is 24.5 Å². The monoisotopic (exact) mass is 463 g/mol. The molecule has 0 spiro atoms. The molecule has 1 unspecified atom stereocenters. The van der Waals surface area contributed by atoms with Gasteiger partial charge in [0.05, 0.1) is 16.9 Å². The maximum Gasteiger partial charge on any atom is 0.416 e. The molecule has 2 aromatic rings. The van der Waals surface area contributed by atoms with Gasteiger partial charge in [0.25, 0.3) is 5.91 Å². The van der Waals surface area contributed by atoms with E-state index in [-0.39, 0.29) is 47.7 Å². The van der Waals surface area contributed by atoms with E-state index in [4.69, 9.17) is 0 Å². The Labute approximate surface area is 186 Å². The first-order valence-corrected chi connectivity index (χ1v) is 10.9. The van der Waals surface area contributed by atoms with Crippen molar-refractivity contribution in [2.75, 3.05) is 16.5 Å². The van der Waals surface area contributed by atoms with Gasteiger partial charge in [-0.15, -0.1) is 11.8 Å². The summed E-state index contributed by atoms with van der Waals surface area (Å²) in [7, 11) is 0. The van der Waals surface area contributed by atoms with Crippen molar-refractivity contribution in [3.63, 3.8) is 0 Å². The summed E-state index contributed by atoms with van der Waals surface area (Å²) in [5, 5.41) is 1.27. The van der Waals surface area contributed by atoms with E-state index < -0.39 is 17.6 Å². The minimum atomic E-state index is -4.51. The van der Waals surface area contributed by atoms with Gasteiger partial charge in [0.1, 0.15) is 0 Å². The molecule has 1 fully saturated rings. The number of fused-ring (bicyclic) bond motifs is 1. The fourth-order valence-electron chi connectivity index (χ4n) is 3.61. The number of carbonyl (C=O) groups is 3. The Morgan fingerprint density at radius 2 is 1.81 bits per heavy atom. The Morgan fingerprint density at radius 1 is 1.09 bits per heavy atom. The molecular weight excluding hydrogens is 443 g/mol. The number of halogens is 3. The summed E-state index contributed by atoms with van der Waals surface area (Å²) >= 11 is 1.44. The molecule has 32 heavy (non-hydrogen) atoms. The van der Waals surface area contributed by atoms with Gasteiger partial charge in [0.15, 0.2) is 0 Å². The number of carbonyl (C=O) groups excluding carboxylic acids is 3. The zero-order valence-corrected chi connectivity index (χ0v) is 17.9. The maximum atomic E-state index is 13.3. The predicted octanol–water partition coefficient (Wildman–Crippen LogP) is 4.39. The lowest BCUT2D eigenvalue weighted by Gasteiger charge is -2.27. The van der Waals surface area contributed by atoms with Gasteiger partial charge in [-0.05, 0) is 48.9 Å². The SMILES string of the molecule is CC1CCN(C(=O)c2ccc(N3NC(=O)CCC3=O)cc2)c2cc(C(F)(F)F)ccc2S1. The molecule has 0 saturated carbocycles. The number of rotatable bonds is 2. The summed E-state index contributed by atoms with van der Waals surface area (Å²) in [6.07, 6.45) is -3.68. The minimum absolute atomic E-state index is 0.0917. The molecule has 4 rings (SSSR count). The van der Waals surface area contributed by atoms with Crippen molar-refractivity contribution in [3.05, 3.63) is 53.6 Å². The molecule has 6 nitrogen and oxygen atoms in total. The van der Waals surface area contributed by atoms with Crippen molar-refractivity contribution in [2.45, 2.75) is 42.5 Å². The molecule has 0 aromatic heterocycles. The zero-order valence-electron chi connectivity index (χ0n) is 17.1. The summed E-state index contributed by atoms with van der Waals surface area (Å²) in [6.45, 7) is 2.25. The molecule has 2 aromatic carbocycles. The maximum absolute atomic E-state index is 13.3. The van der Waals surface area contributed by atoms with Gasteiger partial charge < -0.3 is 4.90 Å². The number of nitrogens with one attached hydrogen (secondary N) is 1. The van der Waals surface area contributed by atoms with Crippen LogP contribution in [0.3, 0.4) is 0 Å². The van der Waals surface area contributed by atoms with E-state index in [0.29, 0.717) is 17.0 Å². The van der Waals surface area contributed by atoms with E-state index in [0.717, 1.165) is 17.1 Å². The quantitative estimate of drug-likeness (QED) is 0.717. The molecule has 0 bridgehead atoms. The van der Waals surface area contributed by atoms with Crippen molar-refractivity contribution in [1.82, 2.24) is 5.43 Å². The van der Waals surface area contributed by atoms with Crippen molar-refractivity contribution >= 4 is 40.9 Å². The van der Waals surface area contributed by atoms with Gasteiger partial charge in [-0.1, -0.05) is 6.92 Å². The first kappa shape index (κ1) is 22.2. The average molecular weight is 463 g/mol. The molecule has 3 amide bonds. The Morgan fingerprint density at radius 3 is 2.50 bits per heavy atom. The largest absolute Gasteiger partial charge is 0.416 e. The Kier molecular flexibility index (Phi) is 5.89. The summed E-state index contributed by atoms with van der Waals surface area (Å²) in [4.78, 5) is 38.9. The molecule has 1 saturated heterocycles. The second-order valence-electron chi connectivity index (χ2n) is 7.67. The smallest absolute Gasteiger partial charge is 0.307 e. The first-order chi connectivity index (χ1) is 15.1. The van der Waals surface area contributed by atoms with Crippen molar-refractivity contribution in [3.8, 4) is 0 Å². The summed E-state index contributed by atoms with van der Waals surface area (Å²) in [5.74, 6) is -0.977. The Hall–Kier alpha value is -3.01. The second kappa shape index (κ2) is 8.50. The molecule has 1 atom stereocenters. The van der Waals surface area contributed by atoms with Crippen LogP contribution in [0, 0.1) is 0 Å². The van der Waals surface area contributed by atoms with Crippen molar-refractivity contribution in [1.29, 1.82) is 0 Å². The van der Waals surface area contributed by atoms with Crippen molar-refractivity contribution < 1.29 is 27.6 Å². The highest BCUT2D eigenvalue weighted by Gasteiger charge is 2.34. The molecule has 2 aliphatic heterocycles. The lowest BCUT2D eigenvalue weighted by atomic mass is 10.1. The molecule has 2 aliphatic rings. The number of hydrazine groups is 1. The van der Waals surface area contributed by atoms with E-state index >= 15 is 0 Å². The van der Waals surface area contributed by atoms with E-state index in [1.807, 2.05) is 6.92 Å². The fourth-order valence-corrected chi connectivity index (χ4v) is 4.71. The molecular formula is C22H20F3N3O3S. The minimum Gasteiger partial charge on any atom is -0.307 e. The van der Waals surface area contributed by atoms with Gasteiger partial charge >= 0.3 is 6.18 Å². The van der Waals surface area contributed by atoms with Crippen LogP contribution in [-0.2, 0) is 15.8 Å². The highest BCUT2D eigenvalue weighted by atomic mass is 32.2. The van der Waals surface area contributed by atoms with Crippen LogP contribution in [0.15, 0.2) is 47.4 Å². The molecule has 2 heterocycles. The van der Waals surface area contributed by atoms with Crippen LogP contribution in [0.25, 0.3) is 0 Å². The summed E-state index contributed by atoms with van der Waals surface area (Å²) in [5.41, 5.74) is 2.59. The van der Waals surface area contributed by atoms with Gasteiger partial charge in [-0.25, -0.2) is 5.01 Å². The standard InChI is InChI=1S/C22H20F3N3O3S/c1-13-10-11-27(17-12-15(22(23,24)25)4-7-18(17)32-13)21(31)14-2-5-16(6-3-14)28-20(30)9-8-19(29)26-28/h2-7,12-13H,8-11H2,1H3,(H,26,29). The third kappa shape index (κ3) is 4.45. The number of thioether (sulfide) groups is 1. The number of nitrogens with zero attached hydrogens (tertiary/aromatic N) is 2. The first-order valence-electron chi connectivity index (χ1n) is 10.1. The van der Waals surface area contributed by atoms with Gasteiger partial charge in [-0.2, -0.15) is 13.2 Å². The molecule has 10 heteroatoms. The Bertz CT molecular complexity index is 1070.